The Balaban J connectivity index is 1.28. The molecule has 0 fully saturated rings. The van der Waals surface area contributed by atoms with Crippen LogP contribution in [0.25, 0.3) is 111 Å². The molecule has 502 valence electrons. The van der Waals surface area contributed by atoms with E-state index in [-0.39, 0.29) is 102 Å². The summed E-state index contributed by atoms with van der Waals surface area (Å²) in [6, 6.07) is 22.8. The van der Waals surface area contributed by atoms with E-state index >= 15 is 52.7 Å². The molecule has 3 heterocycles. The Kier molecular flexibility index (Phi) is 15.7. The molecule has 9 aromatic carbocycles. The summed E-state index contributed by atoms with van der Waals surface area (Å²) in [5.41, 5.74) is -21.7. The van der Waals surface area contributed by atoms with E-state index in [1.165, 1.54) is 50.2 Å². The number of benzene rings is 9. The molecule has 0 spiro atoms. The van der Waals surface area contributed by atoms with Gasteiger partial charge in [-0.05, 0) is 161 Å². The van der Waals surface area contributed by atoms with Crippen LogP contribution in [0.4, 0.5) is 105 Å². The highest BCUT2D eigenvalue weighted by Gasteiger charge is 2.43. The SMILES string of the molecule is Cc1cc(-c2c(-n3c4cc(-c5ccc(C(F)(F)F)cc5C(F)(F)F)ccc4c4ccc(-c5ccc(C(F)(F)F)cc5C(F)(F)F)cc43)cc(C#N)cc2-n2c3cc(-c4ccc(C(F)(F)F)cc4C(F)(F)F)ccc3c3ccc(-c4ccc(C(F)(F)F)cc4C(F)(F)F)cc32)cc(C)n1. The lowest BCUT2D eigenvalue weighted by Gasteiger charge is -2.22. The fourth-order valence-electron chi connectivity index (χ4n) is 12.4. The summed E-state index contributed by atoms with van der Waals surface area (Å²) in [7, 11) is 0. The number of halogens is 24. The van der Waals surface area contributed by atoms with Crippen molar-refractivity contribution in [2.45, 2.75) is 63.3 Å². The number of aromatic nitrogens is 3. The first kappa shape index (κ1) is 67.5. The van der Waals surface area contributed by atoms with Gasteiger partial charge in [-0.3, -0.25) is 4.98 Å². The summed E-state index contributed by atoms with van der Waals surface area (Å²) in [5, 5.41) is 11.1. The molecule has 12 rings (SSSR count). The summed E-state index contributed by atoms with van der Waals surface area (Å²) in [4.78, 5) is 4.44. The van der Waals surface area contributed by atoms with Crippen molar-refractivity contribution in [3.8, 4) is 73.1 Å². The van der Waals surface area contributed by atoms with Crippen molar-refractivity contribution in [3.63, 3.8) is 0 Å². The third-order valence-corrected chi connectivity index (χ3v) is 16.5. The van der Waals surface area contributed by atoms with Gasteiger partial charge in [-0.25, -0.2) is 0 Å². The second-order valence-corrected chi connectivity index (χ2v) is 22.8. The van der Waals surface area contributed by atoms with Crippen LogP contribution in [-0.4, -0.2) is 14.1 Å². The van der Waals surface area contributed by atoms with Crippen molar-refractivity contribution >= 4 is 43.6 Å². The minimum Gasteiger partial charge on any atom is -0.308 e. The molecule has 98 heavy (non-hydrogen) atoms. The quantitative estimate of drug-likeness (QED) is 0.149. The maximum absolute atomic E-state index is 15.1. The molecule has 28 heteroatoms. The molecule has 0 aliphatic rings. The molecule has 0 atom stereocenters. The predicted octanol–water partition coefficient (Wildman–Crippen LogP) is 24.2. The Morgan fingerprint density at radius 1 is 0.286 bits per heavy atom. The van der Waals surface area contributed by atoms with Crippen molar-refractivity contribution in [2.75, 3.05) is 0 Å². The topological polar surface area (TPSA) is 46.5 Å². The van der Waals surface area contributed by atoms with E-state index in [0.29, 0.717) is 48.5 Å². The Labute approximate surface area is 534 Å². The number of pyridine rings is 1. The highest BCUT2D eigenvalue weighted by Crippen LogP contribution is 2.51. The molecule has 0 saturated carbocycles. The van der Waals surface area contributed by atoms with E-state index in [1.54, 1.807) is 0 Å². The number of hydrogen-bond acceptors (Lipinski definition) is 2. The molecule has 0 radical (unpaired) electrons. The fraction of sp³-hybridized carbons (Fsp3) is 0.143. The zero-order chi connectivity index (χ0) is 71.3. The minimum absolute atomic E-state index is 0.00231. The summed E-state index contributed by atoms with van der Waals surface area (Å²) in [6.45, 7) is 2.93. The Hall–Kier alpha value is -10.5. The van der Waals surface area contributed by atoms with Gasteiger partial charge < -0.3 is 9.13 Å². The maximum atomic E-state index is 15.1. The molecular formula is C70H34F24N4. The number of rotatable bonds is 7. The van der Waals surface area contributed by atoms with Gasteiger partial charge in [0.2, 0.25) is 0 Å². The molecule has 12 aromatic rings. The van der Waals surface area contributed by atoms with Crippen molar-refractivity contribution < 1.29 is 105 Å². The Morgan fingerprint density at radius 3 is 0.745 bits per heavy atom. The molecule has 0 saturated heterocycles. The smallest absolute Gasteiger partial charge is 0.308 e. The van der Waals surface area contributed by atoms with E-state index in [4.69, 9.17) is 0 Å². The van der Waals surface area contributed by atoms with Gasteiger partial charge in [-0.15, -0.1) is 0 Å². The third kappa shape index (κ3) is 12.2. The Morgan fingerprint density at radius 2 is 0.531 bits per heavy atom. The standard InChI is InChI=1S/C70H34F24N4/c1-32-19-39(20-33(2)96-32)62-60(97-56-23-35(44-15-7-40(63(71,72)73)27-52(44)67(83,84)85)3-11-48(56)49-12-4-36(24-57(49)97)45-16-8-41(64(74,75)76)28-53(45)68(86,87)88)21-34(31-95)22-61(62)98-58-25-37(46-17-9-42(65(77,78)79)29-54(46)69(89,90)91)5-13-50(58)51-14-6-38(26-59(51)98)47-18-10-43(66(80,81)82)30-55(47)70(92,93)94/h3-30H,1-2H3. The number of hydrogen-bond donors (Lipinski definition) is 0. The van der Waals surface area contributed by atoms with Gasteiger partial charge >= 0.3 is 49.4 Å². The van der Waals surface area contributed by atoms with E-state index in [1.807, 2.05) is 6.07 Å². The molecule has 0 N–H and O–H groups in total. The minimum atomic E-state index is -5.52. The number of nitriles is 1. The number of alkyl halides is 24. The van der Waals surface area contributed by atoms with E-state index in [0.717, 1.165) is 69.8 Å². The molecule has 0 aliphatic heterocycles. The average molecular weight is 1390 g/mol. The molecule has 0 amide bonds. The fourth-order valence-corrected chi connectivity index (χ4v) is 12.4. The highest BCUT2D eigenvalue weighted by molar-refractivity contribution is 6.14. The maximum Gasteiger partial charge on any atom is 0.417 e. The van der Waals surface area contributed by atoms with Crippen molar-refractivity contribution in [3.05, 3.63) is 231 Å². The van der Waals surface area contributed by atoms with Gasteiger partial charge in [0, 0.05) is 38.5 Å². The monoisotopic (exact) mass is 1390 g/mol. The van der Waals surface area contributed by atoms with Crippen LogP contribution in [0.1, 0.15) is 61.5 Å². The van der Waals surface area contributed by atoms with Gasteiger partial charge in [0.25, 0.3) is 0 Å². The lowest BCUT2D eigenvalue weighted by Crippen LogP contribution is -2.12. The predicted molar refractivity (Wildman–Crippen MR) is 314 cm³/mol. The molecular weight excluding hydrogens is 1350 g/mol. The van der Waals surface area contributed by atoms with Gasteiger partial charge in [-0.1, -0.05) is 72.8 Å². The number of aryl methyl sites for hydroxylation is 2. The molecule has 0 bridgehead atoms. The van der Waals surface area contributed by atoms with Gasteiger partial charge in [-0.2, -0.15) is 111 Å². The lowest BCUT2D eigenvalue weighted by molar-refractivity contribution is -0.144. The normalized spacial score (nSPS) is 13.2. The van der Waals surface area contributed by atoms with E-state index < -0.39 is 144 Å². The summed E-state index contributed by atoms with van der Waals surface area (Å²) in [5.74, 6) is 0. The molecule has 0 aliphatic carbocycles. The largest absolute Gasteiger partial charge is 0.417 e. The zero-order valence-electron chi connectivity index (χ0n) is 49.0. The van der Waals surface area contributed by atoms with Crippen LogP contribution < -0.4 is 0 Å². The van der Waals surface area contributed by atoms with Crippen molar-refractivity contribution in [1.82, 2.24) is 14.1 Å². The van der Waals surface area contributed by atoms with E-state index in [9.17, 15) is 57.9 Å². The first-order valence-corrected chi connectivity index (χ1v) is 28.3. The second kappa shape index (κ2) is 22.8. The van der Waals surface area contributed by atoms with Crippen LogP contribution in [-0.2, 0) is 49.4 Å². The van der Waals surface area contributed by atoms with E-state index in [2.05, 4.69) is 4.98 Å². The number of nitrogens with zero attached hydrogens (tertiary/aromatic N) is 4. The van der Waals surface area contributed by atoms with Crippen LogP contribution in [0.15, 0.2) is 170 Å². The lowest BCUT2D eigenvalue weighted by atomic mass is 9.95. The summed E-state index contributed by atoms with van der Waals surface area (Å²) < 4.78 is 353. The molecule has 3 aromatic heterocycles. The van der Waals surface area contributed by atoms with Crippen LogP contribution in [0.5, 0.6) is 0 Å². The molecule has 0 unspecified atom stereocenters. The average Bonchev–Trinajstić information content (AvgIpc) is 1.57. The van der Waals surface area contributed by atoms with Gasteiger partial charge in [0.15, 0.2) is 0 Å². The molecule has 4 nitrogen and oxygen atoms in total. The number of fused-ring (bicyclic) bond motifs is 6. The van der Waals surface area contributed by atoms with Crippen LogP contribution in [0, 0.1) is 25.2 Å². The van der Waals surface area contributed by atoms with Crippen LogP contribution in [0.3, 0.4) is 0 Å². The third-order valence-electron chi connectivity index (χ3n) is 16.5. The highest BCUT2D eigenvalue weighted by atomic mass is 19.4. The van der Waals surface area contributed by atoms with Gasteiger partial charge in [0.1, 0.15) is 0 Å². The van der Waals surface area contributed by atoms with Gasteiger partial charge in [0.05, 0.1) is 89.6 Å². The van der Waals surface area contributed by atoms with Crippen LogP contribution in [0.2, 0.25) is 0 Å². The first-order valence-electron chi connectivity index (χ1n) is 28.3. The van der Waals surface area contributed by atoms with Crippen molar-refractivity contribution in [2.24, 2.45) is 0 Å². The first-order chi connectivity index (χ1) is 45.4. The zero-order valence-corrected chi connectivity index (χ0v) is 49.0. The second-order valence-electron chi connectivity index (χ2n) is 22.8. The van der Waals surface area contributed by atoms with Crippen molar-refractivity contribution in [1.29, 1.82) is 5.26 Å². The summed E-state index contributed by atoms with van der Waals surface area (Å²) >= 11 is 0. The van der Waals surface area contributed by atoms with Crippen LogP contribution >= 0.6 is 0 Å². The Bertz CT molecular complexity index is 4730. The summed E-state index contributed by atoms with van der Waals surface area (Å²) in [6.07, 6.45) is -43.4.